The molecule has 12 heteroatoms. The van der Waals surface area contributed by atoms with Gasteiger partial charge in [0.25, 0.3) is 0 Å². The highest BCUT2D eigenvalue weighted by atomic mass is 35.5. The van der Waals surface area contributed by atoms with E-state index in [-0.39, 0.29) is 25.4 Å². The summed E-state index contributed by atoms with van der Waals surface area (Å²) in [6.07, 6.45) is 1.17. The van der Waals surface area contributed by atoms with Crippen LogP contribution >= 0.6 is 23.2 Å². The van der Waals surface area contributed by atoms with E-state index in [9.17, 15) is 18.0 Å². The molecule has 0 saturated heterocycles. The van der Waals surface area contributed by atoms with Gasteiger partial charge in [0.05, 0.1) is 11.9 Å². The Hall–Kier alpha value is -3.47. The fourth-order valence-corrected chi connectivity index (χ4v) is 5.87. The van der Waals surface area contributed by atoms with Crippen LogP contribution in [0.2, 0.25) is 10.0 Å². The minimum absolute atomic E-state index is 0.00696. The fraction of sp³-hybridized carbons (Fsp3) is 0.333. The van der Waals surface area contributed by atoms with E-state index in [4.69, 9.17) is 32.7 Å². The van der Waals surface area contributed by atoms with Crippen molar-refractivity contribution in [1.82, 2.24) is 10.2 Å². The Morgan fingerprint density at radius 3 is 2.21 bits per heavy atom. The molecule has 9 nitrogen and oxygen atoms in total. The van der Waals surface area contributed by atoms with E-state index in [0.29, 0.717) is 27.1 Å². The van der Waals surface area contributed by atoms with E-state index >= 15 is 0 Å². The molecule has 0 unspecified atom stereocenters. The van der Waals surface area contributed by atoms with Crippen LogP contribution in [0.5, 0.6) is 11.5 Å². The van der Waals surface area contributed by atoms with Gasteiger partial charge in [0, 0.05) is 40.2 Å². The highest BCUT2D eigenvalue weighted by Gasteiger charge is 2.35. The average Bonchev–Trinajstić information content (AvgIpc) is 3.37. The molecular formula is C30H33Cl2N3O6S. The molecule has 1 heterocycles. The molecule has 1 atom stereocenters. The standard InChI is InChI=1S/C30H33Cl2N3O6S/c1-30(2,3)33-29(37)25(15-20-9-6-5-7-10-20)34(17-22-23(31)11-8-12-24(22)32)28(36)18-35(42(4,38)39)21-13-14-26-27(16-21)41-19-40-26/h5-14,16,25H,15,17-19H2,1-4H3,(H,33,37)/t25-/m1/s1. The number of sulfonamides is 1. The van der Waals surface area contributed by atoms with Gasteiger partial charge in [-0.3, -0.25) is 13.9 Å². The predicted octanol–water partition coefficient (Wildman–Crippen LogP) is 5.04. The van der Waals surface area contributed by atoms with Crippen molar-refractivity contribution in [2.75, 3.05) is 23.9 Å². The Kier molecular flexibility index (Phi) is 9.60. The van der Waals surface area contributed by atoms with Gasteiger partial charge >= 0.3 is 0 Å². The number of rotatable bonds is 10. The average molecular weight is 635 g/mol. The highest BCUT2D eigenvalue weighted by molar-refractivity contribution is 7.92. The highest BCUT2D eigenvalue weighted by Crippen LogP contribution is 2.36. The lowest BCUT2D eigenvalue weighted by atomic mass is 10.0. The van der Waals surface area contributed by atoms with Gasteiger partial charge in [-0.05, 0) is 50.6 Å². The van der Waals surface area contributed by atoms with E-state index in [1.54, 1.807) is 24.3 Å². The molecule has 2 amide bonds. The zero-order chi connectivity index (χ0) is 30.7. The lowest BCUT2D eigenvalue weighted by Crippen LogP contribution is -2.56. The predicted molar refractivity (Wildman–Crippen MR) is 164 cm³/mol. The van der Waals surface area contributed by atoms with E-state index in [1.165, 1.54) is 17.0 Å². The smallest absolute Gasteiger partial charge is 0.244 e. The molecule has 0 fully saturated rings. The molecule has 1 aliphatic rings. The minimum atomic E-state index is -3.95. The quantitative estimate of drug-likeness (QED) is 0.335. The van der Waals surface area contributed by atoms with Crippen molar-refractivity contribution in [3.63, 3.8) is 0 Å². The summed E-state index contributed by atoms with van der Waals surface area (Å²) >= 11 is 13.0. The van der Waals surface area contributed by atoms with Gasteiger partial charge in [0.2, 0.25) is 28.6 Å². The summed E-state index contributed by atoms with van der Waals surface area (Å²) in [5.74, 6) is -0.203. The Morgan fingerprint density at radius 2 is 1.60 bits per heavy atom. The molecule has 4 rings (SSSR count). The first-order chi connectivity index (χ1) is 19.7. The number of fused-ring (bicyclic) bond motifs is 1. The number of carbonyl (C=O) groups excluding carboxylic acids is 2. The lowest BCUT2D eigenvalue weighted by Gasteiger charge is -2.35. The molecule has 3 aromatic rings. The third kappa shape index (κ3) is 7.87. The Morgan fingerprint density at radius 1 is 0.952 bits per heavy atom. The van der Waals surface area contributed by atoms with Crippen LogP contribution in [0, 0.1) is 0 Å². The van der Waals surface area contributed by atoms with Crippen LogP contribution in [-0.4, -0.2) is 56.3 Å². The molecule has 0 bridgehead atoms. The molecular weight excluding hydrogens is 601 g/mol. The van der Waals surface area contributed by atoms with Crippen molar-refractivity contribution in [2.45, 2.75) is 45.3 Å². The number of hydrogen-bond acceptors (Lipinski definition) is 6. The van der Waals surface area contributed by atoms with Crippen LogP contribution < -0.4 is 19.1 Å². The molecule has 42 heavy (non-hydrogen) atoms. The number of nitrogens with one attached hydrogen (secondary N) is 1. The molecule has 0 radical (unpaired) electrons. The summed E-state index contributed by atoms with van der Waals surface area (Å²) in [5.41, 5.74) is 0.855. The summed E-state index contributed by atoms with van der Waals surface area (Å²) in [6, 6.07) is 17.8. The van der Waals surface area contributed by atoms with Gasteiger partial charge in [-0.15, -0.1) is 0 Å². The maximum absolute atomic E-state index is 14.2. The first-order valence-corrected chi connectivity index (χ1v) is 15.8. The summed E-state index contributed by atoms with van der Waals surface area (Å²) in [5, 5.41) is 3.59. The van der Waals surface area contributed by atoms with Gasteiger partial charge in [-0.2, -0.15) is 0 Å². The van der Waals surface area contributed by atoms with Gasteiger partial charge in [-0.1, -0.05) is 59.6 Å². The Balaban J connectivity index is 1.78. The number of nitrogens with zero attached hydrogens (tertiary/aromatic N) is 2. The van der Waals surface area contributed by atoms with E-state index in [1.807, 2.05) is 51.1 Å². The number of hydrogen-bond donors (Lipinski definition) is 1. The van der Waals surface area contributed by atoms with Crippen LogP contribution in [0.3, 0.4) is 0 Å². The van der Waals surface area contributed by atoms with Gasteiger partial charge in [0.15, 0.2) is 11.5 Å². The molecule has 224 valence electrons. The fourth-order valence-electron chi connectivity index (χ4n) is 4.51. The van der Waals surface area contributed by atoms with Crippen molar-refractivity contribution in [1.29, 1.82) is 0 Å². The minimum Gasteiger partial charge on any atom is -0.454 e. The number of amides is 2. The van der Waals surface area contributed by atoms with Gasteiger partial charge in [0.1, 0.15) is 12.6 Å². The first kappa shape index (κ1) is 31.5. The third-order valence-corrected chi connectivity index (χ3v) is 8.33. The Labute approximate surface area is 256 Å². The Bertz CT molecular complexity index is 1540. The zero-order valence-electron chi connectivity index (χ0n) is 23.8. The molecule has 0 spiro atoms. The second-order valence-electron chi connectivity index (χ2n) is 11.0. The molecule has 0 saturated carbocycles. The zero-order valence-corrected chi connectivity index (χ0v) is 26.1. The maximum Gasteiger partial charge on any atom is 0.244 e. The summed E-state index contributed by atoms with van der Waals surface area (Å²) in [4.78, 5) is 29.4. The van der Waals surface area contributed by atoms with E-state index in [2.05, 4.69) is 5.32 Å². The normalized spacial score (nSPS) is 13.4. The third-order valence-electron chi connectivity index (χ3n) is 6.48. The van der Waals surface area contributed by atoms with E-state index < -0.39 is 40.0 Å². The van der Waals surface area contributed by atoms with Crippen molar-refractivity contribution in [2.24, 2.45) is 0 Å². The SMILES string of the molecule is CC(C)(C)NC(=O)[C@@H](Cc1ccccc1)N(Cc1c(Cl)cccc1Cl)C(=O)CN(c1ccc2c(c1)OCO2)S(C)(=O)=O. The number of ether oxygens (including phenoxy) is 2. The van der Waals surface area contributed by atoms with E-state index in [0.717, 1.165) is 16.1 Å². The number of halogens is 2. The summed E-state index contributed by atoms with van der Waals surface area (Å²) in [6.45, 7) is 4.80. The summed E-state index contributed by atoms with van der Waals surface area (Å²) < 4.78 is 37.7. The second kappa shape index (κ2) is 12.8. The lowest BCUT2D eigenvalue weighted by molar-refractivity contribution is -0.140. The van der Waals surface area contributed by atoms with Crippen LogP contribution in [-0.2, 0) is 32.6 Å². The molecule has 1 aliphatic heterocycles. The number of benzene rings is 3. The monoisotopic (exact) mass is 633 g/mol. The van der Waals surface area contributed by atoms with Crippen LogP contribution in [0.4, 0.5) is 5.69 Å². The summed E-state index contributed by atoms with van der Waals surface area (Å²) in [7, 11) is -3.95. The molecule has 0 aliphatic carbocycles. The van der Waals surface area contributed by atoms with Gasteiger partial charge < -0.3 is 19.7 Å². The second-order valence-corrected chi connectivity index (χ2v) is 13.7. The topological polar surface area (TPSA) is 105 Å². The molecule has 3 aromatic carbocycles. The largest absolute Gasteiger partial charge is 0.454 e. The van der Waals surface area contributed by atoms with Crippen LogP contribution in [0.25, 0.3) is 0 Å². The van der Waals surface area contributed by atoms with Crippen molar-refractivity contribution >= 4 is 50.7 Å². The molecule has 0 aromatic heterocycles. The van der Waals surface area contributed by atoms with Gasteiger partial charge in [-0.25, -0.2) is 8.42 Å². The van der Waals surface area contributed by atoms with Crippen molar-refractivity contribution in [3.8, 4) is 11.5 Å². The molecule has 1 N–H and O–H groups in total. The first-order valence-electron chi connectivity index (χ1n) is 13.2. The number of anilines is 1. The van der Waals surface area contributed by atoms with Crippen LogP contribution in [0.1, 0.15) is 31.9 Å². The number of carbonyl (C=O) groups is 2. The maximum atomic E-state index is 14.2. The van der Waals surface area contributed by atoms with Crippen molar-refractivity contribution in [3.05, 3.63) is 87.9 Å². The van der Waals surface area contributed by atoms with Crippen molar-refractivity contribution < 1.29 is 27.5 Å². The van der Waals surface area contributed by atoms with Crippen LogP contribution in [0.15, 0.2) is 66.7 Å².